The molecule has 6 heteroatoms. The van der Waals surface area contributed by atoms with Crippen molar-refractivity contribution < 1.29 is 4.79 Å². The van der Waals surface area contributed by atoms with Gasteiger partial charge in [-0.15, -0.1) is 10.2 Å². The van der Waals surface area contributed by atoms with Crippen molar-refractivity contribution in [3.8, 4) is 0 Å². The zero-order valence-electron chi connectivity index (χ0n) is 12.5. The summed E-state index contributed by atoms with van der Waals surface area (Å²) in [6.45, 7) is 4.02. The molecule has 2 rings (SSSR count). The minimum Gasteiger partial charge on any atom is -0.300 e. The second kappa shape index (κ2) is 8.06. The Bertz CT molecular complexity index is 648. The zero-order valence-corrected chi connectivity index (χ0v) is 14.1. The highest BCUT2D eigenvalue weighted by atomic mass is 35.5. The van der Waals surface area contributed by atoms with Gasteiger partial charge >= 0.3 is 0 Å². The standard InChI is InChI=1S/C16H18ClN3OS/c1-3-12(4-2)15(21)18-16-20-19-14(22-16)10-7-11-5-8-13(17)9-6-11/h5-10,12H,3-4H2,1-2H3,(H,18,20,21)/b10-7+. The maximum Gasteiger partial charge on any atom is 0.229 e. The third-order valence-corrected chi connectivity index (χ3v) is 4.37. The fourth-order valence-corrected chi connectivity index (χ4v) is 2.74. The van der Waals surface area contributed by atoms with Crippen LogP contribution in [0.5, 0.6) is 0 Å². The van der Waals surface area contributed by atoms with E-state index in [1.807, 2.05) is 50.3 Å². The number of rotatable bonds is 6. The molecule has 1 N–H and O–H groups in total. The smallest absolute Gasteiger partial charge is 0.229 e. The van der Waals surface area contributed by atoms with E-state index in [9.17, 15) is 4.79 Å². The minimum absolute atomic E-state index is 0.00869. The number of anilines is 1. The summed E-state index contributed by atoms with van der Waals surface area (Å²) in [5.74, 6) is 0.0336. The zero-order chi connectivity index (χ0) is 15.9. The number of nitrogens with one attached hydrogen (secondary N) is 1. The summed E-state index contributed by atoms with van der Waals surface area (Å²) in [5.41, 5.74) is 1.03. The lowest BCUT2D eigenvalue weighted by Crippen LogP contribution is -2.21. The van der Waals surface area contributed by atoms with Crippen LogP contribution in [0.2, 0.25) is 5.02 Å². The average Bonchev–Trinajstić information content (AvgIpc) is 2.95. The summed E-state index contributed by atoms with van der Waals surface area (Å²) in [6.07, 6.45) is 5.45. The summed E-state index contributed by atoms with van der Waals surface area (Å²) >= 11 is 7.20. The molecule has 1 heterocycles. The van der Waals surface area contributed by atoms with Crippen molar-refractivity contribution in [1.29, 1.82) is 0 Å². The van der Waals surface area contributed by atoms with Gasteiger partial charge in [-0.3, -0.25) is 4.79 Å². The minimum atomic E-state index is 0.00869. The van der Waals surface area contributed by atoms with Gasteiger partial charge < -0.3 is 5.32 Å². The number of nitrogens with zero attached hydrogens (tertiary/aromatic N) is 2. The van der Waals surface area contributed by atoms with Crippen LogP contribution in [-0.2, 0) is 4.79 Å². The molecule has 116 valence electrons. The Hall–Kier alpha value is -1.72. The third kappa shape index (κ3) is 4.64. The lowest BCUT2D eigenvalue weighted by molar-refractivity contribution is -0.120. The molecule has 0 bridgehead atoms. The fourth-order valence-electron chi connectivity index (χ4n) is 1.96. The lowest BCUT2D eigenvalue weighted by Gasteiger charge is -2.09. The van der Waals surface area contributed by atoms with E-state index < -0.39 is 0 Å². The number of carbonyl (C=O) groups excluding carboxylic acids is 1. The van der Waals surface area contributed by atoms with Crippen LogP contribution in [0.3, 0.4) is 0 Å². The van der Waals surface area contributed by atoms with Crippen molar-refractivity contribution in [3.63, 3.8) is 0 Å². The highest BCUT2D eigenvalue weighted by Gasteiger charge is 2.15. The number of amides is 1. The Morgan fingerprint density at radius 1 is 1.23 bits per heavy atom. The molecule has 4 nitrogen and oxygen atoms in total. The SMILES string of the molecule is CCC(CC)C(=O)Nc1nnc(/C=C/c2ccc(Cl)cc2)s1. The van der Waals surface area contributed by atoms with Crippen LogP contribution in [0, 0.1) is 5.92 Å². The summed E-state index contributed by atoms with van der Waals surface area (Å²) < 4.78 is 0. The number of carbonyl (C=O) groups is 1. The molecule has 0 aliphatic carbocycles. The molecule has 22 heavy (non-hydrogen) atoms. The summed E-state index contributed by atoms with van der Waals surface area (Å²) in [4.78, 5) is 12.0. The van der Waals surface area contributed by atoms with Gasteiger partial charge in [-0.25, -0.2) is 0 Å². The van der Waals surface area contributed by atoms with E-state index in [4.69, 9.17) is 11.6 Å². The van der Waals surface area contributed by atoms with E-state index in [1.54, 1.807) is 0 Å². The van der Waals surface area contributed by atoms with Gasteiger partial charge in [0, 0.05) is 10.9 Å². The molecule has 1 aromatic heterocycles. The average molecular weight is 336 g/mol. The Morgan fingerprint density at radius 2 is 1.91 bits per heavy atom. The van der Waals surface area contributed by atoms with Crippen LogP contribution in [0.25, 0.3) is 12.2 Å². The molecular formula is C16H18ClN3OS. The van der Waals surface area contributed by atoms with Gasteiger partial charge in [0.25, 0.3) is 0 Å². The number of hydrogen-bond donors (Lipinski definition) is 1. The van der Waals surface area contributed by atoms with Gasteiger partial charge in [-0.1, -0.05) is 55.0 Å². The molecule has 0 fully saturated rings. The van der Waals surface area contributed by atoms with Gasteiger partial charge in [-0.2, -0.15) is 0 Å². The highest BCUT2D eigenvalue weighted by molar-refractivity contribution is 7.16. The summed E-state index contributed by atoms with van der Waals surface area (Å²) in [7, 11) is 0. The third-order valence-electron chi connectivity index (χ3n) is 3.32. The Balaban J connectivity index is 1.99. The molecule has 2 aromatic rings. The lowest BCUT2D eigenvalue weighted by atomic mass is 10.0. The van der Waals surface area contributed by atoms with E-state index in [0.717, 1.165) is 23.4 Å². The van der Waals surface area contributed by atoms with Crippen LogP contribution < -0.4 is 5.32 Å². The van der Waals surface area contributed by atoms with E-state index in [1.165, 1.54) is 11.3 Å². The van der Waals surface area contributed by atoms with E-state index in [0.29, 0.717) is 10.2 Å². The predicted molar refractivity (Wildman–Crippen MR) is 93.0 cm³/mol. The van der Waals surface area contributed by atoms with Crippen LogP contribution in [0.4, 0.5) is 5.13 Å². The number of hydrogen-bond acceptors (Lipinski definition) is 4. The van der Waals surface area contributed by atoms with Crippen molar-refractivity contribution in [1.82, 2.24) is 10.2 Å². The first kappa shape index (κ1) is 16.6. The fraction of sp³-hybridized carbons (Fsp3) is 0.312. The maximum absolute atomic E-state index is 12.0. The van der Waals surface area contributed by atoms with Gasteiger partial charge in [0.1, 0.15) is 5.01 Å². The Labute approximate surface area is 139 Å². The van der Waals surface area contributed by atoms with Crippen LogP contribution in [0.15, 0.2) is 24.3 Å². The Morgan fingerprint density at radius 3 is 2.55 bits per heavy atom. The number of aromatic nitrogens is 2. The van der Waals surface area contributed by atoms with Crippen molar-refractivity contribution in [2.45, 2.75) is 26.7 Å². The van der Waals surface area contributed by atoms with E-state index in [-0.39, 0.29) is 11.8 Å². The molecule has 1 aromatic carbocycles. The molecule has 0 aliphatic rings. The number of benzene rings is 1. The van der Waals surface area contributed by atoms with Gasteiger partial charge in [0.15, 0.2) is 0 Å². The Kier molecular flexibility index (Phi) is 6.10. The van der Waals surface area contributed by atoms with Crippen LogP contribution in [0.1, 0.15) is 37.3 Å². The second-order valence-electron chi connectivity index (χ2n) is 4.83. The molecule has 0 saturated heterocycles. The highest BCUT2D eigenvalue weighted by Crippen LogP contribution is 2.20. The van der Waals surface area contributed by atoms with Crippen molar-refractivity contribution in [2.75, 3.05) is 5.32 Å². The molecule has 0 radical (unpaired) electrons. The first-order valence-electron chi connectivity index (χ1n) is 7.20. The topological polar surface area (TPSA) is 54.9 Å². The quantitative estimate of drug-likeness (QED) is 0.829. The molecule has 0 atom stereocenters. The van der Waals surface area contributed by atoms with Crippen molar-refractivity contribution in [3.05, 3.63) is 39.9 Å². The molecule has 0 saturated carbocycles. The van der Waals surface area contributed by atoms with Gasteiger partial charge in [0.05, 0.1) is 0 Å². The van der Waals surface area contributed by atoms with Crippen molar-refractivity contribution in [2.24, 2.45) is 5.92 Å². The molecule has 1 amide bonds. The molecule has 0 spiro atoms. The molecule has 0 aliphatic heterocycles. The van der Waals surface area contributed by atoms with Crippen LogP contribution >= 0.6 is 22.9 Å². The summed E-state index contributed by atoms with van der Waals surface area (Å²) in [6, 6.07) is 7.52. The van der Waals surface area contributed by atoms with Gasteiger partial charge in [-0.05, 0) is 36.6 Å². The van der Waals surface area contributed by atoms with E-state index in [2.05, 4.69) is 15.5 Å². The van der Waals surface area contributed by atoms with Crippen molar-refractivity contribution >= 4 is 46.1 Å². The predicted octanol–water partition coefficient (Wildman–Crippen LogP) is 4.74. The van der Waals surface area contributed by atoms with Gasteiger partial charge in [0.2, 0.25) is 11.0 Å². The van der Waals surface area contributed by atoms with E-state index >= 15 is 0 Å². The summed E-state index contributed by atoms with van der Waals surface area (Å²) in [5, 5.41) is 12.9. The molecular weight excluding hydrogens is 318 g/mol. The first-order chi connectivity index (χ1) is 10.6. The monoisotopic (exact) mass is 335 g/mol. The number of halogens is 1. The first-order valence-corrected chi connectivity index (χ1v) is 8.39. The normalized spacial score (nSPS) is 11.3. The molecule has 0 unspecified atom stereocenters. The second-order valence-corrected chi connectivity index (χ2v) is 6.28. The maximum atomic E-state index is 12.0. The van der Waals surface area contributed by atoms with Crippen LogP contribution in [-0.4, -0.2) is 16.1 Å². The largest absolute Gasteiger partial charge is 0.300 e.